The lowest BCUT2D eigenvalue weighted by Gasteiger charge is -1.94. The average Bonchev–Trinajstić information content (AvgIpc) is 2.46. The second-order valence-electron chi connectivity index (χ2n) is 4.17. The van der Waals surface area contributed by atoms with Crippen molar-refractivity contribution in [3.8, 4) is 0 Å². The fourth-order valence-corrected chi connectivity index (χ4v) is 1.55. The van der Waals surface area contributed by atoms with Gasteiger partial charge in [0.25, 0.3) is 0 Å². The highest BCUT2D eigenvalue weighted by Gasteiger charge is 1.90. The van der Waals surface area contributed by atoms with Gasteiger partial charge in [0.1, 0.15) is 11.6 Å². The van der Waals surface area contributed by atoms with E-state index < -0.39 is 0 Å². The summed E-state index contributed by atoms with van der Waals surface area (Å²) >= 11 is 0. The van der Waals surface area contributed by atoms with E-state index in [9.17, 15) is 8.78 Å². The molecule has 0 aliphatic heterocycles. The van der Waals surface area contributed by atoms with Crippen LogP contribution in [0.1, 0.15) is 11.1 Å². The molecule has 102 valence electrons. The summed E-state index contributed by atoms with van der Waals surface area (Å²) in [6.45, 7) is 1.10. The Kier molecular flexibility index (Phi) is 5.12. The minimum absolute atomic E-state index is 0.258. The quantitative estimate of drug-likeness (QED) is 0.588. The highest BCUT2D eigenvalue weighted by molar-refractivity contribution is 5.80. The first-order valence-corrected chi connectivity index (χ1v) is 6.25. The molecule has 2 aromatic carbocycles. The lowest BCUT2D eigenvalue weighted by Crippen LogP contribution is -1.90. The van der Waals surface area contributed by atoms with E-state index in [1.54, 1.807) is 36.7 Å². The van der Waals surface area contributed by atoms with Crippen LogP contribution in [-0.2, 0) is 0 Å². The maximum Gasteiger partial charge on any atom is 0.123 e. The third-order valence-electron chi connectivity index (χ3n) is 2.58. The van der Waals surface area contributed by atoms with Crippen molar-refractivity contribution < 1.29 is 8.78 Å². The molecule has 2 nitrogen and oxygen atoms in total. The molecule has 0 spiro atoms. The summed E-state index contributed by atoms with van der Waals surface area (Å²) in [4.78, 5) is 8.39. The summed E-state index contributed by atoms with van der Waals surface area (Å²) < 4.78 is 25.3. The third-order valence-corrected chi connectivity index (χ3v) is 2.58. The molecule has 0 aliphatic carbocycles. The Labute approximate surface area is 116 Å². The van der Waals surface area contributed by atoms with Gasteiger partial charge in [0.15, 0.2) is 0 Å². The number of hydrogen-bond donors (Lipinski definition) is 0. The zero-order valence-electron chi connectivity index (χ0n) is 10.8. The highest BCUT2D eigenvalue weighted by Crippen LogP contribution is 2.00. The van der Waals surface area contributed by atoms with Crippen LogP contribution in [0.3, 0.4) is 0 Å². The topological polar surface area (TPSA) is 24.7 Å². The van der Waals surface area contributed by atoms with Gasteiger partial charge >= 0.3 is 0 Å². The predicted octanol–water partition coefficient (Wildman–Crippen LogP) is 3.50. The lowest BCUT2D eigenvalue weighted by molar-refractivity contribution is 0.627. The summed E-state index contributed by atoms with van der Waals surface area (Å²) in [6.07, 6.45) is 3.37. The number of benzene rings is 2. The lowest BCUT2D eigenvalue weighted by atomic mass is 10.2. The molecule has 0 radical (unpaired) electrons. The molecule has 0 atom stereocenters. The third kappa shape index (κ3) is 4.72. The smallest absolute Gasteiger partial charge is 0.123 e. The van der Waals surface area contributed by atoms with Crippen molar-refractivity contribution in [3.63, 3.8) is 0 Å². The molecule has 0 aromatic heterocycles. The van der Waals surface area contributed by atoms with Gasteiger partial charge in [0.2, 0.25) is 0 Å². The van der Waals surface area contributed by atoms with Gasteiger partial charge in [0.05, 0.1) is 13.1 Å². The van der Waals surface area contributed by atoms with E-state index in [1.807, 2.05) is 0 Å². The molecule has 0 saturated heterocycles. The van der Waals surface area contributed by atoms with Crippen LogP contribution < -0.4 is 0 Å². The van der Waals surface area contributed by atoms with Crippen molar-refractivity contribution in [2.24, 2.45) is 9.98 Å². The van der Waals surface area contributed by atoms with Crippen molar-refractivity contribution in [1.82, 2.24) is 0 Å². The largest absolute Gasteiger partial charge is 0.291 e. The summed E-state index contributed by atoms with van der Waals surface area (Å²) in [6, 6.07) is 12.3. The van der Waals surface area contributed by atoms with Crippen LogP contribution in [0, 0.1) is 11.6 Å². The van der Waals surface area contributed by atoms with Gasteiger partial charge in [-0.25, -0.2) is 8.78 Å². The minimum Gasteiger partial charge on any atom is -0.291 e. The first-order chi connectivity index (χ1) is 9.74. The van der Waals surface area contributed by atoms with Gasteiger partial charge in [-0.1, -0.05) is 24.3 Å². The van der Waals surface area contributed by atoms with Crippen LogP contribution in [0.5, 0.6) is 0 Å². The molecule has 20 heavy (non-hydrogen) atoms. The van der Waals surface area contributed by atoms with Crippen molar-refractivity contribution in [1.29, 1.82) is 0 Å². The van der Waals surface area contributed by atoms with Crippen molar-refractivity contribution in [2.75, 3.05) is 13.1 Å². The molecule has 0 aliphatic rings. The summed E-state index contributed by atoms with van der Waals surface area (Å²) in [5.74, 6) is -0.517. The maximum absolute atomic E-state index is 12.7. The van der Waals surface area contributed by atoms with E-state index in [-0.39, 0.29) is 11.6 Å². The SMILES string of the molecule is Fc1ccc(C=NCCN=Cc2ccc(F)cc2)cc1. The van der Waals surface area contributed by atoms with E-state index in [4.69, 9.17) is 0 Å². The summed E-state index contributed by atoms with van der Waals surface area (Å²) in [5.41, 5.74) is 1.71. The predicted molar refractivity (Wildman–Crippen MR) is 77.7 cm³/mol. The van der Waals surface area contributed by atoms with Crippen LogP contribution in [0.25, 0.3) is 0 Å². The van der Waals surface area contributed by atoms with Crippen LogP contribution in [0.15, 0.2) is 58.5 Å². The fraction of sp³-hybridized carbons (Fsp3) is 0.125. The highest BCUT2D eigenvalue weighted by atomic mass is 19.1. The van der Waals surface area contributed by atoms with Crippen LogP contribution in [0.2, 0.25) is 0 Å². The Balaban J connectivity index is 1.76. The number of nitrogens with zero attached hydrogens (tertiary/aromatic N) is 2. The van der Waals surface area contributed by atoms with Crippen molar-refractivity contribution in [2.45, 2.75) is 0 Å². The Morgan fingerprint density at radius 2 is 1.00 bits per heavy atom. The molecule has 0 amide bonds. The Morgan fingerprint density at radius 3 is 1.35 bits per heavy atom. The molecular formula is C16H14F2N2. The number of halogens is 2. The van der Waals surface area contributed by atoms with E-state index >= 15 is 0 Å². The molecule has 0 bridgehead atoms. The van der Waals surface area contributed by atoms with E-state index in [2.05, 4.69) is 9.98 Å². The Morgan fingerprint density at radius 1 is 0.650 bits per heavy atom. The maximum atomic E-state index is 12.7. The number of rotatable bonds is 5. The molecule has 0 heterocycles. The Hall–Kier alpha value is -2.36. The normalized spacial score (nSPS) is 11.5. The van der Waals surface area contributed by atoms with Gasteiger partial charge < -0.3 is 0 Å². The molecule has 0 unspecified atom stereocenters. The van der Waals surface area contributed by atoms with E-state index in [1.165, 1.54) is 24.3 Å². The molecule has 2 aromatic rings. The molecule has 0 saturated carbocycles. The second-order valence-corrected chi connectivity index (χ2v) is 4.17. The van der Waals surface area contributed by atoms with Gasteiger partial charge in [-0.15, -0.1) is 0 Å². The molecule has 2 rings (SSSR count). The number of hydrogen-bond acceptors (Lipinski definition) is 2. The first-order valence-electron chi connectivity index (χ1n) is 6.25. The molecular weight excluding hydrogens is 258 g/mol. The van der Waals surface area contributed by atoms with Gasteiger partial charge in [-0.2, -0.15) is 0 Å². The van der Waals surface area contributed by atoms with E-state index in [0.717, 1.165) is 11.1 Å². The average molecular weight is 272 g/mol. The fourth-order valence-electron chi connectivity index (χ4n) is 1.55. The summed E-state index contributed by atoms with van der Waals surface area (Å²) in [7, 11) is 0. The van der Waals surface area contributed by atoms with Crippen LogP contribution in [0.4, 0.5) is 8.78 Å². The zero-order chi connectivity index (χ0) is 14.2. The van der Waals surface area contributed by atoms with Crippen molar-refractivity contribution in [3.05, 3.63) is 71.3 Å². The number of aliphatic imine (C=N–C) groups is 2. The van der Waals surface area contributed by atoms with Gasteiger partial charge in [-0.3, -0.25) is 9.98 Å². The molecule has 0 fully saturated rings. The van der Waals surface area contributed by atoms with Gasteiger partial charge in [-0.05, 0) is 35.4 Å². The Bertz CT molecular complexity index is 531. The molecule has 4 heteroatoms. The minimum atomic E-state index is -0.258. The summed E-state index contributed by atoms with van der Waals surface area (Å²) in [5, 5.41) is 0. The van der Waals surface area contributed by atoms with Crippen molar-refractivity contribution >= 4 is 12.4 Å². The second kappa shape index (κ2) is 7.28. The first kappa shape index (κ1) is 14.1. The van der Waals surface area contributed by atoms with Crippen LogP contribution >= 0.6 is 0 Å². The van der Waals surface area contributed by atoms with E-state index in [0.29, 0.717) is 13.1 Å². The monoisotopic (exact) mass is 272 g/mol. The molecule has 0 N–H and O–H groups in total. The standard InChI is InChI=1S/C16H14F2N2/c17-15-5-1-13(2-6-15)11-19-9-10-20-12-14-3-7-16(18)8-4-14/h1-8,11-12H,9-10H2. The van der Waals surface area contributed by atoms with Gasteiger partial charge in [0, 0.05) is 12.4 Å². The zero-order valence-corrected chi connectivity index (χ0v) is 10.8. The van der Waals surface area contributed by atoms with Crippen LogP contribution in [-0.4, -0.2) is 25.5 Å².